The van der Waals surface area contributed by atoms with Gasteiger partial charge in [-0.2, -0.15) is 4.98 Å². The van der Waals surface area contributed by atoms with Gasteiger partial charge in [-0.3, -0.25) is 4.98 Å². The molecule has 0 aliphatic rings. The lowest BCUT2D eigenvalue weighted by molar-refractivity contribution is 0.372. The van der Waals surface area contributed by atoms with Crippen molar-refractivity contribution in [2.75, 3.05) is 6.54 Å². The van der Waals surface area contributed by atoms with Crippen LogP contribution in [0.5, 0.6) is 0 Å². The first kappa shape index (κ1) is 11.7. The molecule has 0 spiro atoms. The van der Waals surface area contributed by atoms with Crippen molar-refractivity contribution in [3.8, 4) is 0 Å². The minimum absolute atomic E-state index is 0.322. The highest BCUT2D eigenvalue weighted by Crippen LogP contribution is 2.00. The number of hydrogen-bond acceptors (Lipinski definition) is 5. The summed E-state index contributed by atoms with van der Waals surface area (Å²) < 4.78 is 17.8. The van der Waals surface area contributed by atoms with Gasteiger partial charge < -0.3 is 9.84 Å². The van der Waals surface area contributed by atoms with E-state index in [0.717, 1.165) is 5.56 Å². The highest BCUT2D eigenvalue weighted by Gasteiger charge is 2.01. The van der Waals surface area contributed by atoms with Crippen LogP contribution in [0.4, 0.5) is 4.39 Å². The molecule has 0 bridgehead atoms. The Morgan fingerprint density at radius 2 is 2.29 bits per heavy atom. The van der Waals surface area contributed by atoms with Crippen molar-refractivity contribution in [2.24, 2.45) is 0 Å². The van der Waals surface area contributed by atoms with Gasteiger partial charge in [0.25, 0.3) is 0 Å². The van der Waals surface area contributed by atoms with E-state index in [1.807, 2.05) is 0 Å². The summed E-state index contributed by atoms with van der Waals surface area (Å²) in [6, 6.07) is 1.46. The molecular formula is C11H13FN4O. The average molecular weight is 236 g/mol. The Morgan fingerprint density at radius 1 is 1.41 bits per heavy atom. The van der Waals surface area contributed by atoms with Crippen LogP contribution in [0, 0.1) is 12.7 Å². The Hall–Kier alpha value is -1.82. The number of halogens is 1. The normalized spacial score (nSPS) is 10.7. The highest BCUT2D eigenvalue weighted by atomic mass is 19.1. The summed E-state index contributed by atoms with van der Waals surface area (Å²) in [5, 5.41) is 6.84. The molecule has 2 aromatic heterocycles. The molecule has 0 atom stereocenters. The minimum atomic E-state index is -0.322. The molecule has 0 aromatic carbocycles. The van der Waals surface area contributed by atoms with E-state index >= 15 is 0 Å². The molecule has 0 unspecified atom stereocenters. The maximum atomic E-state index is 12.8. The lowest BCUT2D eigenvalue weighted by Crippen LogP contribution is -2.17. The van der Waals surface area contributed by atoms with E-state index in [-0.39, 0.29) is 5.82 Å². The van der Waals surface area contributed by atoms with Crippen molar-refractivity contribution in [1.82, 2.24) is 20.4 Å². The van der Waals surface area contributed by atoms with Gasteiger partial charge in [0.2, 0.25) is 5.89 Å². The molecule has 5 nitrogen and oxygen atoms in total. The summed E-state index contributed by atoms with van der Waals surface area (Å²) in [5.74, 6) is 0.915. The van der Waals surface area contributed by atoms with Gasteiger partial charge in [-0.05, 0) is 18.6 Å². The standard InChI is InChI=1S/C11H13FN4O/c1-8-15-11(17-16-8)2-3-13-5-9-4-10(12)7-14-6-9/h4,6-7,13H,2-3,5H2,1H3. The fraction of sp³-hybridized carbons (Fsp3) is 0.364. The lowest BCUT2D eigenvalue weighted by Gasteiger charge is -2.02. The molecule has 6 heteroatoms. The molecule has 17 heavy (non-hydrogen) atoms. The highest BCUT2D eigenvalue weighted by molar-refractivity contribution is 5.09. The molecule has 2 heterocycles. The van der Waals surface area contributed by atoms with E-state index in [1.54, 1.807) is 13.1 Å². The van der Waals surface area contributed by atoms with E-state index in [2.05, 4.69) is 20.4 Å². The first-order valence-corrected chi connectivity index (χ1v) is 5.33. The van der Waals surface area contributed by atoms with E-state index < -0.39 is 0 Å². The molecule has 0 aliphatic carbocycles. The van der Waals surface area contributed by atoms with E-state index in [4.69, 9.17) is 4.52 Å². The van der Waals surface area contributed by atoms with Gasteiger partial charge in [0.05, 0.1) is 6.20 Å². The second kappa shape index (κ2) is 5.49. The SMILES string of the molecule is Cc1noc(CCNCc2cncc(F)c2)n1. The van der Waals surface area contributed by atoms with Crippen LogP contribution in [0.2, 0.25) is 0 Å². The second-order valence-electron chi connectivity index (χ2n) is 3.67. The Morgan fingerprint density at radius 3 is 3.00 bits per heavy atom. The largest absolute Gasteiger partial charge is 0.339 e. The molecule has 0 saturated heterocycles. The Balaban J connectivity index is 1.73. The second-order valence-corrected chi connectivity index (χ2v) is 3.67. The Kier molecular flexibility index (Phi) is 3.77. The van der Waals surface area contributed by atoms with E-state index in [1.165, 1.54) is 12.3 Å². The zero-order valence-corrected chi connectivity index (χ0v) is 9.48. The van der Waals surface area contributed by atoms with Crippen LogP contribution in [-0.4, -0.2) is 21.7 Å². The van der Waals surface area contributed by atoms with Gasteiger partial charge in [-0.1, -0.05) is 5.16 Å². The lowest BCUT2D eigenvalue weighted by atomic mass is 10.3. The van der Waals surface area contributed by atoms with Crippen LogP contribution < -0.4 is 5.32 Å². The van der Waals surface area contributed by atoms with Crippen molar-refractivity contribution in [2.45, 2.75) is 19.9 Å². The number of pyridine rings is 1. The van der Waals surface area contributed by atoms with Crippen molar-refractivity contribution in [3.05, 3.63) is 41.6 Å². The molecule has 2 aromatic rings. The Labute approximate surface area is 98.1 Å². The van der Waals surface area contributed by atoms with Crippen LogP contribution in [0.1, 0.15) is 17.3 Å². The van der Waals surface area contributed by atoms with Crippen LogP contribution >= 0.6 is 0 Å². The van der Waals surface area contributed by atoms with Gasteiger partial charge in [0, 0.05) is 25.7 Å². The maximum absolute atomic E-state index is 12.8. The van der Waals surface area contributed by atoms with Gasteiger partial charge in [-0.25, -0.2) is 4.39 Å². The first-order valence-electron chi connectivity index (χ1n) is 5.33. The number of rotatable bonds is 5. The predicted octanol–water partition coefficient (Wildman–Crippen LogP) is 1.24. The van der Waals surface area contributed by atoms with E-state index in [0.29, 0.717) is 31.2 Å². The van der Waals surface area contributed by atoms with Crippen LogP contribution in [0.15, 0.2) is 23.0 Å². The molecule has 1 N–H and O–H groups in total. The zero-order valence-electron chi connectivity index (χ0n) is 9.48. The topological polar surface area (TPSA) is 63.8 Å². The van der Waals surface area contributed by atoms with Crippen molar-refractivity contribution in [1.29, 1.82) is 0 Å². The van der Waals surface area contributed by atoms with Crippen molar-refractivity contribution in [3.63, 3.8) is 0 Å². The van der Waals surface area contributed by atoms with Crippen LogP contribution in [-0.2, 0) is 13.0 Å². The van der Waals surface area contributed by atoms with Gasteiger partial charge in [0.1, 0.15) is 5.82 Å². The third kappa shape index (κ3) is 3.60. The van der Waals surface area contributed by atoms with Gasteiger partial charge in [0.15, 0.2) is 5.82 Å². The van der Waals surface area contributed by atoms with Gasteiger partial charge >= 0.3 is 0 Å². The van der Waals surface area contributed by atoms with Gasteiger partial charge in [-0.15, -0.1) is 0 Å². The van der Waals surface area contributed by atoms with Crippen LogP contribution in [0.25, 0.3) is 0 Å². The number of aryl methyl sites for hydroxylation is 1. The molecule has 90 valence electrons. The molecule has 0 radical (unpaired) electrons. The summed E-state index contributed by atoms with van der Waals surface area (Å²) in [6.07, 6.45) is 3.47. The summed E-state index contributed by atoms with van der Waals surface area (Å²) >= 11 is 0. The fourth-order valence-electron chi connectivity index (χ4n) is 1.42. The number of nitrogens with zero attached hydrogens (tertiary/aromatic N) is 3. The fourth-order valence-corrected chi connectivity index (χ4v) is 1.42. The first-order chi connectivity index (χ1) is 8.24. The van der Waals surface area contributed by atoms with Crippen molar-refractivity contribution >= 4 is 0 Å². The average Bonchev–Trinajstić information content (AvgIpc) is 2.71. The summed E-state index contributed by atoms with van der Waals surface area (Å²) in [4.78, 5) is 7.85. The van der Waals surface area contributed by atoms with E-state index in [9.17, 15) is 4.39 Å². The monoisotopic (exact) mass is 236 g/mol. The Bertz CT molecular complexity index is 486. The molecule has 0 fully saturated rings. The quantitative estimate of drug-likeness (QED) is 0.791. The third-order valence-corrected chi connectivity index (χ3v) is 2.18. The smallest absolute Gasteiger partial charge is 0.227 e. The molecule has 0 saturated carbocycles. The third-order valence-electron chi connectivity index (χ3n) is 2.18. The van der Waals surface area contributed by atoms with Crippen LogP contribution in [0.3, 0.4) is 0 Å². The summed E-state index contributed by atoms with van der Waals surface area (Å²) in [6.45, 7) is 3.04. The predicted molar refractivity (Wildman–Crippen MR) is 58.6 cm³/mol. The molecule has 0 aliphatic heterocycles. The summed E-state index contributed by atoms with van der Waals surface area (Å²) in [7, 11) is 0. The molecule has 2 rings (SSSR count). The number of nitrogens with one attached hydrogen (secondary N) is 1. The maximum Gasteiger partial charge on any atom is 0.227 e. The number of aromatic nitrogens is 3. The van der Waals surface area contributed by atoms with Crippen molar-refractivity contribution < 1.29 is 8.91 Å². The zero-order chi connectivity index (χ0) is 12.1. The molecule has 0 amide bonds. The minimum Gasteiger partial charge on any atom is -0.339 e. The summed E-state index contributed by atoms with van der Waals surface area (Å²) in [5.41, 5.74) is 0.812. The molecular weight excluding hydrogens is 223 g/mol. The number of hydrogen-bond donors (Lipinski definition) is 1.